The fraction of sp³-hybridized carbons (Fsp3) is 0. The lowest BCUT2D eigenvalue weighted by atomic mass is 10.2. The topological polar surface area (TPSA) is 54.9 Å². The highest BCUT2D eigenvalue weighted by Crippen LogP contribution is 2.08. The van der Waals surface area contributed by atoms with Crippen molar-refractivity contribution in [3.63, 3.8) is 0 Å². The summed E-state index contributed by atoms with van der Waals surface area (Å²) >= 11 is 1.28. The van der Waals surface area contributed by atoms with Gasteiger partial charge >= 0.3 is 0 Å². The molecule has 5 heteroatoms. The van der Waals surface area contributed by atoms with Crippen molar-refractivity contribution in [2.24, 2.45) is 0 Å². The molecule has 0 atom stereocenters. The van der Waals surface area contributed by atoms with Crippen molar-refractivity contribution in [3.8, 4) is 0 Å². The number of carbonyl (C=O) groups is 1. The molecule has 0 aliphatic heterocycles. The standard InChI is InChI=1S/C11H9N3OS/c15-10(13-11-14-12-8-16-11)7-6-9-4-2-1-3-5-9/h1-8H,(H,13,14,15). The Hall–Kier alpha value is -2.01. The van der Waals surface area contributed by atoms with Gasteiger partial charge < -0.3 is 0 Å². The summed E-state index contributed by atoms with van der Waals surface area (Å²) in [5.41, 5.74) is 2.55. The molecule has 80 valence electrons. The third-order valence-electron chi connectivity index (χ3n) is 1.82. The highest BCUT2D eigenvalue weighted by molar-refractivity contribution is 7.13. The van der Waals surface area contributed by atoms with Crippen molar-refractivity contribution in [1.82, 2.24) is 10.2 Å². The maximum Gasteiger partial charge on any atom is 0.250 e. The Morgan fingerprint density at radius 3 is 2.81 bits per heavy atom. The second-order valence-corrected chi connectivity index (χ2v) is 3.81. The number of amides is 1. The largest absolute Gasteiger partial charge is 0.297 e. The van der Waals surface area contributed by atoms with Crippen molar-refractivity contribution in [1.29, 1.82) is 0 Å². The molecule has 0 bridgehead atoms. The summed E-state index contributed by atoms with van der Waals surface area (Å²) in [5.74, 6) is -0.208. The zero-order chi connectivity index (χ0) is 11.2. The number of carbonyl (C=O) groups excluding carboxylic acids is 1. The van der Waals surface area contributed by atoms with Crippen LogP contribution in [0.15, 0.2) is 41.9 Å². The summed E-state index contributed by atoms with van der Waals surface area (Å²) in [7, 11) is 0. The van der Waals surface area contributed by atoms with Gasteiger partial charge in [0.2, 0.25) is 11.0 Å². The first-order chi connectivity index (χ1) is 7.84. The van der Waals surface area contributed by atoms with Crippen LogP contribution in [0.5, 0.6) is 0 Å². The van der Waals surface area contributed by atoms with Gasteiger partial charge in [0, 0.05) is 6.08 Å². The molecule has 0 fully saturated rings. The number of benzene rings is 1. The van der Waals surface area contributed by atoms with E-state index in [2.05, 4.69) is 15.5 Å². The summed E-state index contributed by atoms with van der Waals surface area (Å²) in [6.07, 6.45) is 3.22. The van der Waals surface area contributed by atoms with E-state index in [1.165, 1.54) is 17.4 Å². The van der Waals surface area contributed by atoms with E-state index in [0.29, 0.717) is 5.13 Å². The lowest BCUT2D eigenvalue weighted by Gasteiger charge is -1.94. The smallest absolute Gasteiger partial charge is 0.250 e. The van der Waals surface area contributed by atoms with Crippen LogP contribution in [0, 0.1) is 0 Å². The number of hydrogen-bond donors (Lipinski definition) is 1. The second kappa shape index (κ2) is 5.18. The molecule has 4 nitrogen and oxygen atoms in total. The van der Waals surface area contributed by atoms with Crippen LogP contribution in [0.25, 0.3) is 6.08 Å². The molecular weight excluding hydrogens is 222 g/mol. The number of aromatic nitrogens is 2. The maximum absolute atomic E-state index is 11.4. The highest BCUT2D eigenvalue weighted by atomic mass is 32.1. The summed E-state index contributed by atoms with van der Waals surface area (Å²) in [6.45, 7) is 0. The van der Waals surface area contributed by atoms with Crippen LogP contribution in [0.4, 0.5) is 5.13 Å². The van der Waals surface area contributed by atoms with Gasteiger partial charge in [-0.05, 0) is 11.6 Å². The van der Waals surface area contributed by atoms with E-state index in [4.69, 9.17) is 0 Å². The Labute approximate surface area is 96.7 Å². The highest BCUT2D eigenvalue weighted by Gasteiger charge is 1.99. The van der Waals surface area contributed by atoms with E-state index >= 15 is 0 Å². The monoisotopic (exact) mass is 231 g/mol. The zero-order valence-electron chi connectivity index (χ0n) is 8.33. The zero-order valence-corrected chi connectivity index (χ0v) is 9.15. The van der Waals surface area contributed by atoms with Gasteiger partial charge in [0.1, 0.15) is 5.51 Å². The fourth-order valence-electron chi connectivity index (χ4n) is 1.11. The summed E-state index contributed by atoms with van der Waals surface area (Å²) in [5, 5.41) is 10.5. The maximum atomic E-state index is 11.4. The van der Waals surface area contributed by atoms with E-state index in [1.54, 1.807) is 11.6 Å². The first kappa shape index (κ1) is 10.5. The van der Waals surface area contributed by atoms with Gasteiger partial charge in [-0.25, -0.2) is 0 Å². The molecule has 16 heavy (non-hydrogen) atoms. The van der Waals surface area contributed by atoms with E-state index < -0.39 is 0 Å². The first-order valence-electron chi connectivity index (χ1n) is 4.65. The van der Waals surface area contributed by atoms with Crippen LogP contribution in [-0.2, 0) is 4.79 Å². The molecule has 0 saturated heterocycles. The minimum Gasteiger partial charge on any atom is -0.297 e. The lowest BCUT2D eigenvalue weighted by molar-refractivity contribution is -0.111. The molecule has 1 amide bonds. The predicted molar refractivity (Wildman–Crippen MR) is 64.0 cm³/mol. The summed E-state index contributed by atoms with van der Waals surface area (Å²) < 4.78 is 0. The normalized spacial score (nSPS) is 10.5. The molecule has 1 heterocycles. The van der Waals surface area contributed by atoms with Gasteiger partial charge in [0.15, 0.2) is 0 Å². The van der Waals surface area contributed by atoms with Crippen LogP contribution < -0.4 is 5.32 Å². The van der Waals surface area contributed by atoms with Crippen LogP contribution in [0.3, 0.4) is 0 Å². The molecule has 0 aliphatic carbocycles. The predicted octanol–water partition coefficient (Wildman–Crippen LogP) is 2.19. The molecule has 1 aromatic carbocycles. The molecule has 1 N–H and O–H groups in total. The van der Waals surface area contributed by atoms with Gasteiger partial charge in [-0.1, -0.05) is 41.7 Å². The molecule has 0 aliphatic rings. The van der Waals surface area contributed by atoms with E-state index in [9.17, 15) is 4.79 Å². The Kier molecular flexibility index (Phi) is 3.40. The molecular formula is C11H9N3OS. The van der Waals surface area contributed by atoms with Crippen molar-refractivity contribution in [3.05, 3.63) is 47.5 Å². The first-order valence-corrected chi connectivity index (χ1v) is 5.53. The number of rotatable bonds is 3. The van der Waals surface area contributed by atoms with Crippen molar-refractivity contribution < 1.29 is 4.79 Å². The third kappa shape index (κ3) is 2.99. The molecule has 0 spiro atoms. The SMILES string of the molecule is O=C(C=Cc1ccccc1)Nc1nncs1. The van der Waals surface area contributed by atoms with Gasteiger partial charge in [-0.3, -0.25) is 10.1 Å². The van der Waals surface area contributed by atoms with Crippen molar-refractivity contribution in [2.75, 3.05) is 5.32 Å². The summed E-state index contributed by atoms with van der Waals surface area (Å²) in [4.78, 5) is 11.4. The third-order valence-corrected chi connectivity index (χ3v) is 2.42. The minimum atomic E-state index is -0.208. The van der Waals surface area contributed by atoms with Gasteiger partial charge in [0.05, 0.1) is 0 Å². The van der Waals surface area contributed by atoms with Gasteiger partial charge in [-0.15, -0.1) is 10.2 Å². The number of nitrogens with one attached hydrogen (secondary N) is 1. The van der Waals surface area contributed by atoms with Gasteiger partial charge in [-0.2, -0.15) is 0 Å². The van der Waals surface area contributed by atoms with E-state index in [1.807, 2.05) is 30.3 Å². The number of anilines is 1. The number of hydrogen-bond acceptors (Lipinski definition) is 4. The molecule has 0 saturated carbocycles. The lowest BCUT2D eigenvalue weighted by Crippen LogP contribution is -2.07. The fourth-order valence-corrected chi connectivity index (χ4v) is 1.56. The molecule has 2 rings (SSSR count). The van der Waals surface area contributed by atoms with Crippen LogP contribution in [0.2, 0.25) is 0 Å². The Morgan fingerprint density at radius 1 is 1.31 bits per heavy atom. The summed E-state index contributed by atoms with van der Waals surface area (Å²) in [6, 6.07) is 9.62. The van der Waals surface area contributed by atoms with Crippen LogP contribution in [0.1, 0.15) is 5.56 Å². The van der Waals surface area contributed by atoms with E-state index in [-0.39, 0.29) is 5.91 Å². The molecule has 0 unspecified atom stereocenters. The Balaban J connectivity index is 1.95. The van der Waals surface area contributed by atoms with Crippen molar-refractivity contribution in [2.45, 2.75) is 0 Å². The Morgan fingerprint density at radius 2 is 2.12 bits per heavy atom. The Bertz CT molecular complexity index is 479. The quantitative estimate of drug-likeness (QED) is 0.824. The average molecular weight is 231 g/mol. The average Bonchev–Trinajstić information content (AvgIpc) is 2.81. The van der Waals surface area contributed by atoms with E-state index in [0.717, 1.165) is 5.56 Å². The van der Waals surface area contributed by atoms with Gasteiger partial charge in [0.25, 0.3) is 0 Å². The molecule has 0 radical (unpaired) electrons. The molecule has 2 aromatic rings. The van der Waals surface area contributed by atoms with Crippen LogP contribution >= 0.6 is 11.3 Å². The second-order valence-electron chi connectivity index (χ2n) is 2.98. The van der Waals surface area contributed by atoms with Crippen molar-refractivity contribution >= 4 is 28.5 Å². The van der Waals surface area contributed by atoms with Crippen LogP contribution in [-0.4, -0.2) is 16.1 Å². The minimum absolute atomic E-state index is 0.208. The number of nitrogens with zero attached hydrogens (tertiary/aromatic N) is 2. The molecule has 1 aromatic heterocycles.